The van der Waals surface area contributed by atoms with Gasteiger partial charge in [0.1, 0.15) is 17.0 Å². The number of carboxylic acids is 1. The van der Waals surface area contributed by atoms with Crippen LogP contribution in [0.5, 0.6) is 0 Å². The highest BCUT2D eigenvalue weighted by atomic mass is 32.2. The van der Waals surface area contributed by atoms with E-state index in [2.05, 4.69) is 0 Å². The average Bonchev–Trinajstić information content (AvgIpc) is 3.14. The van der Waals surface area contributed by atoms with E-state index < -0.39 is 23.9 Å². The zero-order chi connectivity index (χ0) is 24.8. The van der Waals surface area contributed by atoms with Gasteiger partial charge in [-0.05, 0) is 34.9 Å². The molecule has 1 heterocycles. The van der Waals surface area contributed by atoms with E-state index in [9.17, 15) is 19.5 Å². The topological polar surface area (TPSA) is 83.9 Å². The minimum Gasteiger partial charge on any atom is -0.480 e. The van der Waals surface area contributed by atoms with Crippen molar-refractivity contribution in [2.75, 3.05) is 0 Å². The van der Waals surface area contributed by atoms with Gasteiger partial charge in [-0.2, -0.15) is 0 Å². The van der Waals surface area contributed by atoms with Crippen molar-refractivity contribution >= 4 is 52.2 Å². The lowest BCUT2D eigenvalue weighted by molar-refractivity contribution is -0.145. The van der Waals surface area contributed by atoms with Crippen LogP contribution in [0, 0.1) is 0 Å². The maximum atomic E-state index is 13.1. The summed E-state index contributed by atoms with van der Waals surface area (Å²) in [6.07, 6.45) is 1.79. The third-order valence-corrected chi connectivity index (χ3v) is 6.68. The van der Waals surface area contributed by atoms with E-state index in [-0.39, 0.29) is 17.3 Å². The minimum absolute atomic E-state index is 0.148. The molecule has 4 rings (SSSR count). The van der Waals surface area contributed by atoms with E-state index in [4.69, 9.17) is 17.0 Å². The largest absolute Gasteiger partial charge is 0.480 e. The SMILES string of the molecule is O=C(OCc1ccccc1)c1ccc(/C=C2\SC(=S)N([C@H](Cc3ccccc3)C(=O)O)C2=O)cc1. The molecule has 1 amide bonds. The van der Waals surface area contributed by atoms with Gasteiger partial charge in [0, 0.05) is 6.42 Å². The molecule has 0 radical (unpaired) electrons. The van der Waals surface area contributed by atoms with E-state index in [0.717, 1.165) is 27.8 Å². The van der Waals surface area contributed by atoms with Crippen LogP contribution in [-0.2, 0) is 27.4 Å². The zero-order valence-corrected chi connectivity index (χ0v) is 20.1. The molecule has 1 aliphatic heterocycles. The maximum Gasteiger partial charge on any atom is 0.338 e. The number of carboxylic acid groups (broad SMARTS) is 1. The number of ether oxygens (including phenoxy) is 1. The molecular formula is C27H21NO5S2. The van der Waals surface area contributed by atoms with Crippen LogP contribution in [0.2, 0.25) is 0 Å². The molecule has 1 N–H and O–H groups in total. The zero-order valence-electron chi connectivity index (χ0n) is 18.5. The number of thiocarbonyl (C=S) groups is 1. The molecule has 35 heavy (non-hydrogen) atoms. The van der Waals surface area contributed by atoms with Crippen LogP contribution in [0.3, 0.4) is 0 Å². The van der Waals surface area contributed by atoms with Crippen LogP contribution >= 0.6 is 24.0 Å². The summed E-state index contributed by atoms with van der Waals surface area (Å²) in [7, 11) is 0. The minimum atomic E-state index is -1.12. The first-order valence-corrected chi connectivity index (χ1v) is 12.0. The van der Waals surface area contributed by atoms with Crippen molar-refractivity contribution in [1.82, 2.24) is 4.90 Å². The van der Waals surface area contributed by atoms with Crippen LogP contribution in [0.25, 0.3) is 6.08 Å². The van der Waals surface area contributed by atoms with Gasteiger partial charge in [-0.1, -0.05) is 96.8 Å². The molecule has 1 saturated heterocycles. The molecule has 0 aliphatic carbocycles. The highest BCUT2D eigenvalue weighted by molar-refractivity contribution is 8.26. The van der Waals surface area contributed by atoms with Crippen molar-refractivity contribution in [3.63, 3.8) is 0 Å². The standard InChI is InChI=1S/C27H21NO5S2/c29-24-23(35-27(34)28(24)22(25(30)31)15-18-7-3-1-4-8-18)16-19-11-13-21(14-12-19)26(32)33-17-20-9-5-2-6-10-20/h1-14,16,22H,15,17H2,(H,30,31)/b23-16-/t22-/m1/s1. The summed E-state index contributed by atoms with van der Waals surface area (Å²) < 4.78 is 5.54. The van der Waals surface area contributed by atoms with Crippen LogP contribution in [-0.4, -0.2) is 38.2 Å². The summed E-state index contributed by atoms with van der Waals surface area (Å²) in [5.74, 6) is -2.02. The number of aliphatic carboxylic acids is 1. The molecule has 3 aromatic carbocycles. The third kappa shape index (κ3) is 6.03. The fraction of sp³-hybridized carbons (Fsp3) is 0.111. The Hall–Kier alpha value is -3.75. The van der Waals surface area contributed by atoms with E-state index in [0.29, 0.717) is 16.0 Å². The second kappa shape index (κ2) is 11.1. The van der Waals surface area contributed by atoms with E-state index in [1.165, 1.54) is 0 Å². The van der Waals surface area contributed by atoms with Crippen LogP contribution in [0.4, 0.5) is 0 Å². The second-order valence-electron chi connectivity index (χ2n) is 7.78. The Kier molecular flexibility index (Phi) is 7.74. The highest BCUT2D eigenvalue weighted by Crippen LogP contribution is 2.34. The number of carbonyl (C=O) groups excluding carboxylic acids is 2. The number of hydrogen-bond acceptors (Lipinski definition) is 6. The molecule has 176 valence electrons. The van der Waals surface area contributed by atoms with Gasteiger partial charge in [0.05, 0.1) is 10.5 Å². The Labute approximate surface area is 212 Å². The maximum absolute atomic E-state index is 13.1. The predicted octanol–water partition coefficient (Wildman–Crippen LogP) is 4.94. The molecule has 3 aromatic rings. The van der Waals surface area contributed by atoms with Gasteiger partial charge in [0.25, 0.3) is 5.91 Å². The summed E-state index contributed by atoms with van der Waals surface area (Å²) in [6.45, 7) is 0.178. The Morgan fingerprint density at radius 3 is 2.14 bits per heavy atom. The molecule has 1 fully saturated rings. The number of esters is 1. The Bertz CT molecular complexity index is 1270. The number of benzene rings is 3. The molecule has 0 aromatic heterocycles. The van der Waals surface area contributed by atoms with Gasteiger partial charge < -0.3 is 9.84 Å². The van der Waals surface area contributed by atoms with Crippen molar-refractivity contribution < 1.29 is 24.2 Å². The van der Waals surface area contributed by atoms with Gasteiger partial charge in [-0.3, -0.25) is 9.69 Å². The first-order chi connectivity index (χ1) is 16.9. The van der Waals surface area contributed by atoms with Crippen molar-refractivity contribution in [2.24, 2.45) is 0 Å². The van der Waals surface area contributed by atoms with Gasteiger partial charge in [0.15, 0.2) is 0 Å². The van der Waals surface area contributed by atoms with E-state index >= 15 is 0 Å². The Morgan fingerprint density at radius 1 is 0.943 bits per heavy atom. The molecule has 0 unspecified atom stereocenters. The van der Waals surface area contributed by atoms with Crippen LogP contribution in [0.15, 0.2) is 89.8 Å². The first kappa shape index (κ1) is 24.4. The molecule has 0 spiro atoms. The smallest absolute Gasteiger partial charge is 0.338 e. The number of rotatable bonds is 8. The summed E-state index contributed by atoms with van der Waals surface area (Å²) in [6, 6.07) is 24.0. The van der Waals surface area contributed by atoms with E-state index in [1.54, 1.807) is 30.3 Å². The Morgan fingerprint density at radius 2 is 1.54 bits per heavy atom. The normalized spacial score (nSPS) is 15.3. The molecule has 1 atom stereocenters. The highest BCUT2D eigenvalue weighted by Gasteiger charge is 2.40. The first-order valence-electron chi connectivity index (χ1n) is 10.8. The van der Waals surface area contributed by atoms with Crippen LogP contribution in [0.1, 0.15) is 27.0 Å². The van der Waals surface area contributed by atoms with Crippen LogP contribution < -0.4 is 0 Å². The van der Waals surface area contributed by atoms with E-state index in [1.807, 2.05) is 60.7 Å². The van der Waals surface area contributed by atoms with Gasteiger partial charge >= 0.3 is 11.9 Å². The van der Waals surface area contributed by atoms with Crippen molar-refractivity contribution in [3.05, 3.63) is 112 Å². The molecule has 1 aliphatic rings. The lowest BCUT2D eigenvalue weighted by Gasteiger charge is -2.23. The quantitative estimate of drug-likeness (QED) is 0.265. The third-order valence-electron chi connectivity index (χ3n) is 5.35. The molecular weight excluding hydrogens is 482 g/mol. The predicted molar refractivity (Wildman–Crippen MR) is 139 cm³/mol. The molecule has 8 heteroatoms. The van der Waals surface area contributed by atoms with Gasteiger partial charge in [-0.15, -0.1) is 0 Å². The summed E-state index contributed by atoms with van der Waals surface area (Å²) >= 11 is 6.41. The lowest BCUT2D eigenvalue weighted by atomic mass is 10.0. The average molecular weight is 504 g/mol. The Balaban J connectivity index is 1.44. The van der Waals surface area contributed by atoms with Crippen molar-refractivity contribution in [2.45, 2.75) is 19.1 Å². The van der Waals surface area contributed by atoms with Gasteiger partial charge in [0.2, 0.25) is 0 Å². The molecule has 0 bridgehead atoms. The summed E-state index contributed by atoms with van der Waals surface area (Å²) in [5.41, 5.74) is 2.76. The number of thioether (sulfide) groups is 1. The number of carbonyl (C=O) groups is 3. The monoisotopic (exact) mass is 503 g/mol. The van der Waals surface area contributed by atoms with Gasteiger partial charge in [-0.25, -0.2) is 9.59 Å². The van der Waals surface area contributed by atoms with Crippen molar-refractivity contribution in [3.8, 4) is 0 Å². The number of amides is 1. The second-order valence-corrected chi connectivity index (χ2v) is 9.45. The molecule has 0 saturated carbocycles. The number of hydrogen-bond donors (Lipinski definition) is 1. The molecule has 6 nitrogen and oxygen atoms in total. The number of nitrogens with zero attached hydrogens (tertiary/aromatic N) is 1. The van der Waals surface area contributed by atoms with Crippen molar-refractivity contribution in [1.29, 1.82) is 0 Å². The fourth-order valence-electron chi connectivity index (χ4n) is 3.55. The lowest BCUT2D eigenvalue weighted by Crippen LogP contribution is -2.45. The summed E-state index contributed by atoms with van der Waals surface area (Å²) in [5, 5.41) is 9.78. The fourth-order valence-corrected chi connectivity index (χ4v) is 4.90. The summed E-state index contributed by atoms with van der Waals surface area (Å²) in [4.78, 5) is 38.8.